The first-order valence-corrected chi connectivity index (χ1v) is 12.7. The smallest absolute Gasteiger partial charge is 0.305 e. The second-order valence-corrected chi connectivity index (χ2v) is 9.73. The van der Waals surface area contributed by atoms with Gasteiger partial charge in [-0.2, -0.15) is 0 Å². The number of nitrogens with one attached hydrogen (secondary N) is 2. The number of carbonyl (C=O) groups excluding carboxylic acids is 1. The molecule has 0 saturated carbocycles. The largest absolute Gasteiger partial charge is 0.481 e. The third kappa shape index (κ3) is 7.95. The highest BCUT2D eigenvalue weighted by Crippen LogP contribution is 2.31. The molecule has 0 radical (unpaired) electrons. The summed E-state index contributed by atoms with van der Waals surface area (Å²) in [5.41, 5.74) is 4.49. The number of nitrogens with zero attached hydrogens (tertiary/aromatic N) is 1. The lowest BCUT2D eigenvalue weighted by atomic mass is 9.94. The van der Waals surface area contributed by atoms with E-state index in [1.54, 1.807) is 12.1 Å². The summed E-state index contributed by atoms with van der Waals surface area (Å²) in [6.45, 7) is 8.53. The molecule has 0 bridgehead atoms. The number of anilines is 1. The van der Waals surface area contributed by atoms with Crippen molar-refractivity contribution in [3.05, 3.63) is 108 Å². The number of aliphatic carboxylic acids is 1. The van der Waals surface area contributed by atoms with Crippen molar-refractivity contribution in [3.8, 4) is 0 Å². The van der Waals surface area contributed by atoms with E-state index < -0.39 is 5.97 Å². The predicted molar refractivity (Wildman–Crippen MR) is 152 cm³/mol. The summed E-state index contributed by atoms with van der Waals surface area (Å²) in [5, 5.41) is 14.9. The number of amides is 1. The average Bonchev–Trinajstić information content (AvgIpc) is 2.90. The highest BCUT2D eigenvalue weighted by molar-refractivity contribution is 5.94. The maximum absolute atomic E-state index is 12.2. The van der Waals surface area contributed by atoms with E-state index in [1.165, 1.54) is 0 Å². The van der Waals surface area contributed by atoms with Crippen molar-refractivity contribution >= 4 is 23.3 Å². The van der Waals surface area contributed by atoms with Crippen LogP contribution in [0.25, 0.3) is 5.76 Å². The standard InChI is InChI=1S/C31H37N3O4/c1-21(2)29(33-27-17-15-25(16-18-27)30(37)32-20-19-28(35)36)24-11-13-26(14-12-24)31(34(4)5)38-22(3)23-9-7-6-8-10-23/h6-18,21,29,31,33H,3,19-20H2,1-2,4-5H3,(H,32,37)(H,35,36). The Kier molecular flexibility index (Phi) is 10.1. The predicted octanol–water partition coefficient (Wildman–Crippen LogP) is 5.95. The third-order valence-electron chi connectivity index (χ3n) is 6.16. The minimum Gasteiger partial charge on any atom is -0.481 e. The summed E-state index contributed by atoms with van der Waals surface area (Å²) in [4.78, 5) is 24.9. The van der Waals surface area contributed by atoms with Crippen LogP contribution in [0.3, 0.4) is 0 Å². The number of ether oxygens (including phenoxy) is 1. The van der Waals surface area contributed by atoms with Gasteiger partial charge in [-0.1, -0.05) is 75.0 Å². The zero-order chi connectivity index (χ0) is 27.7. The molecule has 3 aromatic carbocycles. The molecule has 0 spiro atoms. The number of carbonyl (C=O) groups is 2. The van der Waals surface area contributed by atoms with Crippen molar-refractivity contribution in [1.29, 1.82) is 0 Å². The number of carboxylic acid groups (broad SMARTS) is 1. The van der Waals surface area contributed by atoms with Crippen LogP contribution in [0.15, 0.2) is 85.4 Å². The van der Waals surface area contributed by atoms with Crippen LogP contribution in [-0.2, 0) is 9.53 Å². The zero-order valence-electron chi connectivity index (χ0n) is 22.5. The summed E-state index contributed by atoms with van der Waals surface area (Å²) in [6.07, 6.45) is -0.389. The van der Waals surface area contributed by atoms with Gasteiger partial charge in [0.25, 0.3) is 5.91 Å². The highest BCUT2D eigenvalue weighted by atomic mass is 16.5. The van der Waals surface area contributed by atoms with Crippen LogP contribution in [0.4, 0.5) is 5.69 Å². The van der Waals surface area contributed by atoms with E-state index in [2.05, 4.69) is 55.3 Å². The van der Waals surface area contributed by atoms with Crippen molar-refractivity contribution in [2.75, 3.05) is 26.0 Å². The second-order valence-electron chi connectivity index (χ2n) is 9.73. The monoisotopic (exact) mass is 515 g/mol. The first kappa shape index (κ1) is 28.5. The van der Waals surface area contributed by atoms with Crippen LogP contribution in [0, 0.1) is 5.92 Å². The summed E-state index contributed by atoms with van der Waals surface area (Å²) in [7, 11) is 3.96. The van der Waals surface area contributed by atoms with Crippen molar-refractivity contribution in [2.45, 2.75) is 32.5 Å². The number of hydrogen-bond acceptors (Lipinski definition) is 5. The van der Waals surface area contributed by atoms with Crippen LogP contribution < -0.4 is 10.6 Å². The fourth-order valence-electron chi connectivity index (χ4n) is 4.08. The van der Waals surface area contributed by atoms with Crippen LogP contribution >= 0.6 is 0 Å². The molecule has 2 atom stereocenters. The van der Waals surface area contributed by atoms with Gasteiger partial charge in [0.1, 0.15) is 5.76 Å². The topological polar surface area (TPSA) is 90.9 Å². The van der Waals surface area contributed by atoms with Crippen LogP contribution in [0.5, 0.6) is 0 Å². The van der Waals surface area contributed by atoms with Gasteiger partial charge < -0.3 is 20.5 Å². The Bertz CT molecular complexity index is 1210. The zero-order valence-corrected chi connectivity index (χ0v) is 22.5. The molecular weight excluding hydrogens is 478 g/mol. The van der Waals surface area contributed by atoms with Gasteiger partial charge in [0.15, 0.2) is 6.23 Å². The summed E-state index contributed by atoms with van der Waals surface area (Å²) in [5.74, 6) is -0.311. The molecule has 38 heavy (non-hydrogen) atoms. The second kappa shape index (κ2) is 13.4. The van der Waals surface area contributed by atoms with Gasteiger partial charge >= 0.3 is 5.97 Å². The van der Waals surface area contributed by atoms with E-state index in [0.717, 1.165) is 22.4 Å². The Labute approximate surface area is 225 Å². The molecular formula is C31H37N3O4. The number of benzene rings is 3. The lowest BCUT2D eigenvalue weighted by molar-refractivity contribution is -0.136. The van der Waals surface area contributed by atoms with Gasteiger partial charge in [-0.25, -0.2) is 0 Å². The molecule has 7 heteroatoms. The van der Waals surface area contributed by atoms with E-state index in [-0.39, 0.29) is 31.1 Å². The van der Waals surface area contributed by atoms with E-state index >= 15 is 0 Å². The van der Waals surface area contributed by atoms with E-state index in [0.29, 0.717) is 17.2 Å². The molecule has 3 aromatic rings. The molecule has 3 N–H and O–H groups in total. The Morgan fingerprint density at radius 1 is 0.895 bits per heavy atom. The maximum atomic E-state index is 12.2. The lowest BCUT2D eigenvalue weighted by Gasteiger charge is -2.28. The molecule has 0 saturated heterocycles. The fraction of sp³-hybridized carbons (Fsp3) is 0.290. The first-order valence-electron chi connectivity index (χ1n) is 12.7. The molecule has 200 valence electrons. The Balaban J connectivity index is 1.69. The van der Waals surface area contributed by atoms with Crippen molar-refractivity contribution in [2.24, 2.45) is 5.92 Å². The van der Waals surface area contributed by atoms with Gasteiger partial charge in [-0.05, 0) is 49.8 Å². The van der Waals surface area contributed by atoms with Gasteiger partial charge in [-0.3, -0.25) is 14.5 Å². The maximum Gasteiger partial charge on any atom is 0.305 e. The number of carboxylic acids is 1. The van der Waals surface area contributed by atoms with Gasteiger partial charge in [0.05, 0.1) is 12.5 Å². The van der Waals surface area contributed by atoms with Crippen LogP contribution in [-0.4, -0.2) is 42.5 Å². The van der Waals surface area contributed by atoms with Gasteiger partial charge in [0.2, 0.25) is 0 Å². The van der Waals surface area contributed by atoms with Crippen molar-refractivity contribution in [3.63, 3.8) is 0 Å². The van der Waals surface area contributed by atoms with Crippen LogP contribution in [0.1, 0.15) is 59.6 Å². The van der Waals surface area contributed by atoms with E-state index in [9.17, 15) is 9.59 Å². The molecule has 3 rings (SSSR count). The number of rotatable bonds is 13. The SMILES string of the molecule is C=C(OC(c1ccc(C(Nc2ccc(C(=O)NCCC(=O)O)cc2)C(C)C)cc1)N(C)C)c1ccccc1. The molecule has 0 aromatic heterocycles. The summed E-state index contributed by atoms with van der Waals surface area (Å²) in [6, 6.07) is 25.5. The Hall–Kier alpha value is -4.10. The minimum absolute atomic E-state index is 0.0531. The third-order valence-corrected chi connectivity index (χ3v) is 6.16. The molecule has 0 fully saturated rings. The quantitative estimate of drug-likeness (QED) is 0.193. The number of hydrogen-bond donors (Lipinski definition) is 3. The minimum atomic E-state index is -0.944. The average molecular weight is 516 g/mol. The highest BCUT2D eigenvalue weighted by Gasteiger charge is 2.20. The Morgan fingerprint density at radius 2 is 1.50 bits per heavy atom. The van der Waals surface area contributed by atoms with Crippen molar-refractivity contribution < 1.29 is 19.4 Å². The summed E-state index contributed by atoms with van der Waals surface area (Å²) < 4.78 is 6.25. The Morgan fingerprint density at radius 3 is 2.05 bits per heavy atom. The van der Waals surface area contributed by atoms with Gasteiger partial charge in [-0.15, -0.1) is 0 Å². The molecule has 0 aliphatic heterocycles. The van der Waals surface area contributed by atoms with E-state index in [4.69, 9.17) is 9.84 Å². The molecule has 0 heterocycles. The molecule has 0 aliphatic rings. The van der Waals surface area contributed by atoms with Crippen LogP contribution in [0.2, 0.25) is 0 Å². The van der Waals surface area contributed by atoms with Crippen molar-refractivity contribution in [1.82, 2.24) is 10.2 Å². The van der Waals surface area contributed by atoms with E-state index in [1.807, 2.05) is 61.5 Å². The first-order chi connectivity index (χ1) is 18.2. The molecule has 7 nitrogen and oxygen atoms in total. The fourth-order valence-corrected chi connectivity index (χ4v) is 4.08. The molecule has 2 unspecified atom stereocenters. The summed E-state index contributed by atoms with van der Waals surface area (Å²) >= 11 is 0. The molecule has 1 amide bonds. The van der Waals surface area contributed by atoms with Gasteiger partial charge in [0, 0.05) is 28.9 Å². The lowest BCUT2D eigenvalue weighted by Crippen LogP contribution is -2.26. The normalized spacial score (nSPS) is 12.6. The molecule has 0 aliphatic carbocycles.